The predicted octanol–water partition coefficient (Wildman–Crippen LogP) is 3.49. The van der Waals surface area contributed by atoms with Gasteiger partial charge in [0.1, 0.15) is 0 Å². The summed E-state index contributed by atoms with van der Waals surface area (Å²) in [6.07, 6.45) is 1.71. The molecule has 3 heteroatoms. The fraction of sp³-hybridized carbons (Fsp3) is 0.118. The summed E-state index contributed by atoms with van der Waals surface area (Å²) in [6, 6.07) is 18.0. The molecule has 2 aromatic carbocycles. The van der Waals surface area contributed by atoms with E-state index in [0.717, 1.165) is 0 Å². The average molecular weight is 284 g/mol. The van der Waals surface area contributed by atoms with E-state index >= 15 is 0 Å². The number of benzene rings is 2. The van der Waals surface area contributed by atoms with Crippen molar-refractivity contribution >= 4 is 23.3 Å². The molecule has 0 aromatic heterocycles. The summed E-state index contributed by atoms with van der Waals surface area (Å²) in [5.74, 6) is 0. The molecule has 0 fully saturated rings. The summed E-state index contributed by atoms with van der Waals surface area (Å²) in [4.78, 5) is 12.7. The quantitative estimate of drug-likeness (QED) is 0.636. The van der Waals surface area contributed by atoms with Crippen molar-refractivity contribution in [1.29, 1.82) is 0 Å². The van der Waals surface area contributed by atoms with Gasteiger partial charge in [-0.1, -0.05) is 66.7 Å². The SMILES string of the molecule is CC=C(C)C(=O)P(=O)(c1ccccc1)c1ccccc1. The average Bonchev–Trinajstić information content (AvgIpc) is 2.54. The first-order chi connectivity index (χ1) is 9.60. The standard InChI is InChI=1S/C17H17O2P/c1-3-14(2)17(18)20(19,15-10-6-4-7-11-15)16-12-8-5-9-13-16/h3-13H,1-2H3. The van der Waals surface area contributed by atoms with Crippen molar-refractivity contribution in [3.8, 4) is 0 Å². The van der Waals surface area contributed by atoms with E-state index in [0.29, 0.717) is 16.2 Å². The van der Waals surface area contributed by atoms with E-state index in [1.807, 2.05) is 36.4 Å². The van der Waals surface area contributed by atoms with E-state index < -0.39 is 7.14 Å². The van der Waals surface area contributed by atoms with Crippen LogP contribution >= 0.6 is 7.14 Å². The zero-order valence-corrected chi connectivity index (χ0v) is 12.5. The van der Waals surface area contributed by atoms with E-state index in [4.69, 9.17) is 0 Å². The van der Waals surface area contributed by atoms with Crippen LogP contribution in [0.15, 0.2) is 72.3 Å². The molecule has 20 heavy (non-hydrogen) atoms. The molecule has 0 spiro atoms. The lowest BCUT2D eigenvalue weighted by atomic mass is 10.3. The van der Waals surface area contributed by atoms with Crippen LogP contribution in [-0.4, -0.2) is 5.52 Å². The van der Waals surface area contributed by atoms with E-state index in [2.05, 4.69) is 0 Å². The van der Waals surface area contributed by atoms with Crippen LogP contribution in [0.3, 0.4) is 0 Å². The minimum absolute atomic E-state index is 0.294. The molecule has 0 amide bonds. The molecule has 2 aromatic rings. The van der Waals surface area contributed by atoms with Gasteiger partial charge in [0.05, 0.1) is 0 Å². The number of hydrogen-bond donors (Lipinski definition) is 0. The maximum absolute atomic E-state index is 13.5. The van der Waals surface area contributed by atoms with Gasteiger partial charge in [0.15, 0.2) is 0 Å². The summed E-state index contributed by atoms with van der Waals surface area (Å²) < 4.78 is 13.5. The number of hydrogen-bond acceptors (Lipinski definition) is 2. The second kappa shape index (κ2) is 6.02. The van der Waals surface area contributed by atoms with Crippen molar-refractivity contribution in [2.24, 2.45) is 0 Å². The second-order valence-corrected chi connectivity index (χ2v) is 7.21. The van der Waals surface area contributed by atoms with Crippen LogP contribution in [0.5, 0.6) is 0 Å². The summed E-state index contributed by atoms with van der Waals surface area (Å²) >= 11 is 0. The molecule has 2 rings (SSSR count). The van der Waals surface area contributed by atoms with Gasteiger partial charge in [0, 0.05) is 10.6 Å². The monoisotopic (exact) mass is 284 g/mol. The third-order valence-electron chi connectivity index (χ3n) is 3.30. The first kappa shape index (κ1) is 14.5. The summed E-state index contributed by atoms with van der Waals surface area (Å²) in [5, 5.41) is 1.16. The first-order valence-electron chi connectivity index (χ1n) is 6.49. The summed E-state index contributed by atoms with van der Waals surface area (Å²) in [6.45, 7) is 3.49. The van der Waals surface area contributed by atoms with Gasteiger partial charge in [-0.05, 0) is 19.4 Å². The largest absolute Gasteiger partial charge is 0.305 e. The fourth-order valence-corrected chi connectivity index (χ4v) is 4.61. The maximum atomic E-state index is 13.5. The molecule has 0 heterocycles. The Balaban J connectivity index is 2.68. The molecular formula is C17H17O2P. The summed E-state index contributed by atoms with van der Waals surface area (Å²) in [7, 11) is -3.29. The van der Waals surface area contributed by atoms with E-state index in [1.54, 1.807) is 44.2 Å². The molecule has 2 nitrogen and oxygen atoms in total. The normalized spacial score (nSPS) is 12.2. The molecule has 102 valence electrons. The highest BCUT2D eigenvalue weighted by molar-refractivity contribution is 7.93. The Morgan fingerprint density at radius 1 is 0.900 bits per heavy atom. The molecule has 0 saturated heterocycles. The lowest BCUT2D eigenvalue weighted by Crippen LogP contribution is -2.22. The predicted molar refractivity (Wildman–Crippen MR) is 84.2 cm³/mol. The highest BCUT2D eigenvalue weighted by Gasteiger charge is 2.35. The van der Waals surface area contributed by atoms with Crippen molar-refractivity contribution in [3.05, 3.63) is 72.3 Å². The van der Waals surface area contributed by atoms with Gasteiger partial charge >= 0.3 is 0 Å². The molecular weight excluding hydrogens is 267 g/mol. The molecule has 0 aliphatic heterocycles. The Morgan fingerprint density at radius 2 is 1.30 bits per heavy atom. The summed E-state index contributed by atoms with van der Waals surface area (Å²) in [5.41, 5.74) is 0.235. The Morgan fingerprint density at radius 3 is 1.65 bits per heavy atom. The van der Waals surface area contributed by atoms with Crippen molar-refractivity contribution in [2.75, 3.05) is 0 Å². The van der Waals surface area contributed by atoms with Gasteiger partial charge in [-0.2, -0.15) is 0 Å². The molecule has 0 unspecified atom stereocenters. The van der Waals surface area contributed by atoms with Crippen LogP contribution in [0.1, 0.15) is 13.8 Å². The zero-order valence-electron chi connectivity index (χ0n) is 11.6. The highest BCUT2D eigenvalue weighted by atomic mass is 31.2. The first-order valence-corrected chi connectivity index (χ1v) is 8.20. The van der Waals surface area contributed by atoms with Crippen LogP contribution < -0.4 is 10.6 Å². The molecule has 0 atom stereocenters. The van der Waals surface area contributed by atoms with Gasteiger partial charge < -0.3 is 4.57 Å². The zero-order chi connectivity index (χ0) is 14.6. The lowest BCUT2D eigenvalue weighted by molar-refractivity contribution is -0.108. The van der Waals surface area contributed by atoms with Gasteiger partial charge in [0.25, 0.3) is 0 Å². The van der Waals surface area contributed by atoms with Crippen molar-refractivity contribution in [2.45, 2.75) is 13.8 Å². The lowest BCUT2D eigenvalue weighted by Gasteiger charge is -2.18. The van der Waals surface area contributed by atoms with Crippen LogP contribution in [0.2, 0.25) is 0 Å². The third kappa shape index (κ3) is 2.52. The maximum Gasteiger partial charge on any atom is 0.225 e. The highest BCUT2D eigenvalue weighted by Crippen LogP contribution is 2.46. The van der Waals surface area contributed by atoms with E-state index in [1.165, 1.54) is 0 Å². The molecule has 0 bridgehead atoms. The molecule has 0 saturated carbocycles. The van der Waals surface area contributed by atoms with Crippen molar-refractivity contribution in [3.63, 3.8) is 0 Å². The number of carbonyl (C=O) groups is 1. The minimum atomic E-state index is -3.29. The smallest absolute Gasteiger partial charge is 0.225 e. The van der Waals surface area contributed by atoms with E-state index in [-0.39, 0.29) is 5.52 Å². The van der Waals surface area contributed by atoms with Crippen LogP contribution in [0, 0.1) is 0 Å². The second-order valence-electron chi connectivity index (χ2n) is 4.56. The van der Waals surface area contributed by atoms with Crippen LogP contribution in [0.25, 0.3) is 0 Å². The topological polar surface area (TPSA) is 34.1 Å². The van der Waals surface area contributed by atoms with Gasteiger partial charge in [-0.15, -0.1) is 0 Å². The van der Waals surface area contributed by atoms with Crippen molar-refractivity contribution in [1.82, 2.24) is 0 Å². The Hall–Kier alpha value is -1.92. The Bertz CT molecular complexity index is 629. The fourth-order valence-electron chi connectivity index (χ4n) is 2.03. The molecule has 0 radical (unpaired) electrons. The van der Waals surface area contributed by atoms with E-state index in [9.17, 15) is 9.36 Å². The van der Waals surface area contributed by atoms with Crippen molar-refractivity contribution < 1.29 is 9.36 Å². The van der Waals surface area contributed by atoms with Crippen LogP contribution in [0.4, 0.5) is 0 Å². The third-order valence-corrected chi connectivity index (χ3v) is 6.27. The Kier molecular flexibility index (Phi) is 4.36. The number of carbonyl (C=O) groups excluding carboxylic acids is 1. The molecule has 0 aliphatic rings. The number of rotatable bonds is 4. The molecule has 0 N–H and O–H groups in total. The minimum Gasteiger partial charge on any atom is -0.305 e. The molecule has 0 aliphatic carbocycles. The number of allylic oxidation sites excluding steroid dienone is 2. The Labute approximate surface area is 119 Å². The van der Waals surface area contributed by atoms with Gasteiger partial charge in [-0.25, -0.2) is 0 Å². The van der Waals surface area contributed by atoms with Gasteiger partial charge in [-0.3, -0.25) is 4.79 Å². The van der Waals surface area contributed by atoms with Gasteiger partial charge in [0.2, 0.25) is 12.7 Å². The van der Waals surface area contributed by atoms with Crippen LogP contribution in [-0.2, 0) is 9.36 Å².